The van der Waals surface area contributed by atoms with Gasteiger partial charge < -0.3 is 15.1 Å². The number of benzene rings is 1. The number of hydrogen-bond acceptors (Lipinski definition) is 2. The van der Waals surface area contributed by atoms with Crippen LogP contribution in [0.1, 0.15) is 44.2 Å². The quantitative estimate of drug-likeness (QED) is 0.889. The van der Waals surface area contributed by atoms with Crippen molar-refractivity contribution in [2.45, 2.75) is 45.4 Å². The van der Waals surface area contributed by atoms with Gasteiger partial charge in [-0.15, -0.1) is 0 Å². The van der Waals surface area contributed by atoms with Gasteiger partial charge in [-0.05, 0) is 56.3 Å². The van der Waals surface area contributed by atoms with Crippen LogP contribution in [0.25, 0.3) is 0 Å². The van der Waals surface area contributed by atoms with Crippen molar-refractivity contribution in [3.63, 3.8) is 0 Å². The first-order valence-electron chi connectivity index (χ1n) is 9.77. The van der Waals surface area contributed by atoms with Crippen LogP contribution >= 0.6 is 0 Å². The number of likely N-dealkylation sites (tertiary alicyclic amines) is 2. The molecule has 2 amide bonds. The summed E-state index contributed by atoms with van der Waals surface area (Å²) in [6.07, 6.45) is 3.82. The summed E-state index contributed by atoms with van der Waals surface area (Å²) in [5.74, 6) is 0.647. The van der Waals surface area contributed by atoms with E-state index in [9.17, 15) is 4.79 Å². The van der Waals surface area contributed by atoms with E-state index in [1.165, 1.54) is 43.6 Å². The molecule has 1 unspecified atom stereocenters. The first-order valence-corrected chi connectivity index (χ1v) is 9.77. The summed E-state index contributed by atoms with van der Waals surface area (Å²) in [6, 6.07) is 8.56. The smallest absolute Gasteiger partial charge is 0.317 e. The van der Waals surface area contributed by atoms with Gasteiger partial charge in [0.15, 0.2) is 0 Å². The molecule has 0 bridgehead atoms. The summed E-state index contributed by atoms with van der Waals surface area (Å²) in [7, 11) is 0. The van der Waals surface area contributed by atoms with E-state index in [-0.39, 0.29) is 11.4 Å². The molecule has 0 saturated carbocycles. The van der Waals surface area contributed by atoms with Gasteiger partial charge in [-0.1, -0.05) is 38.1 Å². The Morgan fingerprint density at radius 1 is 1.20 bits per heavy atom. The highest BCUT2D eigenvalue weighted by Crippen LogP contribution is 2.26. The second kappa shape index (κ2) is 7.77. The summed E-state index contributed by atoms with van der Waals surface area (Å²) in [6.45, 7) is 12.7. The lowest BCUT2D eigenvalue weighted by Gasteiger charge is -2.29. The van der Waals surface area contributed by atoms with E-state index in [1.807, 2.05) is 4.90 Å². The summed E-state index contributed by atoms with van der Waals surface area (Å²) in [4.78, 5) is 17.2. The lowest BCUT2D eigenvalue weighted by atomic mass is 9.82. The Kier molecular flexibility index (Phi) is 5.67. The molecule has 2 heterocycles. The van der Waals surface area contributed by atoms with Crippen molar-refractivity contribution < 1.29 is 4.79 Å². The maximum atomic E-state index is 12.6. The van der Waals surface area contributed by atoms with Gasteiger partial charge in [0, 0.05) is 31.6 Å². The molecule has 1 aromatic carbocycles. The Morgan fingerprint density at radius 3 is 2.64 bits per heavy atom. The minimum atomic E-state index is -0.0598. The first kappa shape index (κ1) is 18.2. The molecule has 2 fully saturated rings. The number of amides is 2. The topological polar surface area (TPSA) is 35.6 Å². The Morgan fingerprint density at radius 2 is 1.92 bits per heavy atom. The van der Waals surface area contributed by atoms with Crippen molar-refractivity contribution in [2.75, 3.05) is 39.3 Å². The van der Waals surface area contributed by atoms with Crippen LogP contribution < -0.4 is 5.32 Å². The van der Waals surface area contributed by atoms with Gasteiger partial charge in [-0.25, -0.2) is 4.79 Å². The van der Waals surface area contributed by atoms with Crippen LogP contribution in [-0.2, 0) is 5.41 Å². The number of carbonyl (C=O) groups excluding carboxylic acids is 1. The van der Waals surface area contributed by atoms with Crippen molar-refractivity contribution in [2.24, 2.45) is 5.92 Å². The van der Waals surface area contributed by atoms with Gasteiger partial charge in [0.1, 0.15) is 0 Å². The summed E-state index contributed by atoms with van der Waals surface area (Å²) >= 11 is 0. The maximum Gasteiger partial charge on any atom is 0.317 e. The first-order chi connectivity index (χ1) is 12.0. The molecule has 1 atom stereocenters. The third kappa shape index (κ3) is 4.55. The maximum absolute atomic E-state index is 12.6. The number of urea groups is 1. The molecule has 2 aliphatic heterocycles. The molecular formula is C21H33N3O. The zero-order valence-corrected chi connectivity index (χ0v) is 16.1. The summed E-state index contributed by atoms with van der Waals surface area (Å²) in [5, 5.41) is 3.18. The zero-order chi connectivity index (χ0) is 17.9. The van der Waals surface area contributed by atoms with Crippen molar-refractivity contribution in [3.05, 3.63) is 35.4 Å². The number of nitrogens with one attached hydrogen (secondary N) is 1. The number of nitrogens with zero attached hydrogens (tertiary/aromatic N) is 2. The normalized spacial score (nSPS) is 21.7. The van der Waals surface area contributed by atoms with Crippen molar-refractivity contribution >= 4 is 6.03 Å². The Hall–Kier alpha value is -1.55. The Labute approximate surface area is 152 Å². The molecule has 4 heteroatoms. The predicted molar refractivity (Wildman–Crippen MR) is 103 cm³/mol. The van der Waals surface area contributed by atoms with Gasteiger partial charge >= 0.3 is 6.03 Å². The highest BCUT2D eigenvalue weighted by Gasteiger charge is 2.30. The average Bonchev–Trinajstić information content (AvgIpc) is 3.25. The molecule has 0 radical (unpaired) electrons. The van der Waals surface area contributed by atoms with Crippen LogP contribution in [0.3, 0.4) is 0 Å². The number of aryl methyl sites for hydroxylation is 1. The van der Waals surface area contributed by atoms with Crippen molar-refractivity contribution in [3.8, 4) is 0 Å². The van der Waals surface area contributed by atoms with Gasteiger partial charge in [-0.3, -0.25) is 0 Å². The lowest BCUT2D eigenvalue weighted by molar-refractivity contribution is 0.202. The highest BCUT2D eigenvalue weighted by atomic mass is 16.2. The fraction of sp³-hybridized carbons (Fsp3) is 0.667. The molecule has 3 rings (SSSR count). The van der Waals surface area contributed by atoms with E-state index in [0.29, 0.717) is 12.5 Å². The molecule has 25 heavy (non-hydrogen) atoms. The van der Waals surface area contributed by atoms with E-state index in [2.05, 4.69) is 55.3 Å². The molecule has 2 aliphatic rings. The molecule has 1 N–H and O–H groups in total. The monoisotopic (exact) mass is 343 g/mol. The third-order valence-electron chi connectivity index (χ3n) is 5.84. The zero-order valence-electron chi connectivity index (χ0n) is 16.1. The van der Waals surface area contributed by atoms with E-state index < -0.39 is 0 Å². The SMILES string of the molecule is Cc1ccccc1C(C)(C)CNC(=O)N1CCC(CN2CCCC2)C1. The van der Waals surface area contributed by atoms with E-state index >= 15 is 0 Å². The predicted octanol–water partition coefficient (Wildman–Crippen LogP) is 3.40. The van der Waals surface area contributed by atoms with Gasteiger partial charge in [-0.2, -0.15) is 0 Å². The second-order valence-electron chi connectivity index (χ2n) is 8.47. The van der Waals surface area contributed by atoms with Crippen molar-refractivity contribution in [1.29, 1.82) is 0 Å². The van der Waals surface area contributed by atoms with Crippen LogP contribution in [-0.4, -0.2) is 55.1 Å². The van der Waals surface area contributed by atoms with Crippen LogP contribution in [0.2, 0.25) is 0 Å². The van der Waals surface area contributed by atoms with E-state index in [0.717, 1.165) is 19.5 Å². The number of rotatable bonds is 5. The molecule has 0 spiro atoms. The van der Waals surface area contributed by atoms with E-state index in [1.54, 1.807) is 0 Å². The fourth-order valence-corrected chi connectivity index (χ4v) is 4.33. The molecule has 4 nitrogen and oxygen atoms in total. The van der Waals surface area contributed by atoms with Gasteiger partial charge in [0.05, 0.1) is 0 Å². The summed E-state index contributed by atoms with van der Waals surface area (Å²) in [5.41, 5.74) is 2.53. The highest BCUT2D eigenvalue weighted by molar-refractivity contribution is 5.74. The Balaban J connectivity index is 1.48. The van der Waals surface area contributed by atoms with Gasteiger partial charge in [0.25, 0.3) is 0 Å². The van der Waals surface area contributed by atoms with Crippen LogP contribution in [0.4, 0.5) is 4.79 Å². The van der Waals surface area contributed by atoms with Crippen LogP contribution in [0.15, 0.2) is 24.3 Å². The van der Waals surface area contributed by atoms with Crippen molar-refractivity contribution in [1.82, 2.24) is 15.1 Å². The second-order valence-corrected chi connectivity index (χ2v) is 8.47. The largest absolute Gasteiger partial charge is 0.337 e. The third-order valence-corrected chi connectivity index (χ3v) is 5.84. The minimum Gasteiger partial charge on any atom is -0.337 e. The standard InChI is InChI=1S/C21H33N3O/c1-17-8-4-5-9-19(17)21(2,3)16-22-20(25)24-13-10-18(15-24)14-23-11-6-7-12-23/h4-5,8-9,18H,6-7,10-16H2,1-3H3,(H,22,25). The molecule has 0 aliphatic carbocycles. The van der Waals surface area contributed by atoms with Gasteiger partial charge in [0.2, 0.25) is 0 Å². The molecule has 2 saturated heterocycles. The number of carbonyl (C=O) groups is 1. The summed E-state index contributed by atoms with van der Waals surface area (Å²) < 4.78 is 0. The van der Waals surface area contributed by atoms with E-state index in [4.69, 9.17) is 0 Å². The molecular weight excluding hydrogens is 310 g/mol. The fourth-order valence-electron chi connectivity index (χ4n) is 4.33. The Bertz CT molecular complexity index is 593. The average molecular weight is 344 g/mol. The molecule has 138 valence electrons. The lowest BCUT2D eigenvalue weighted by Crippen LogP contribution is -2.44. The van der Waals surface area contributed by atoms with Crippen LogP contribution in [0.5, 0.6) is 0 Å². The van der Waals surface area contributed by atoms with Crippen LogP contribution in [0, 0.1) is 12.8 Å². The minimum absolute atomic E-state index is 0.0598. The molecule has 0 aromatic heterocycles. The molecule has 1 aromatic rings. The number of hydrogen-bond donors (Lipinski definition) is 1.